The Labute approximate surface area is 123 Å². The van der Waals surface area contributed by atoms with Crippen molar-refractivity contribution >= 4 is 11.1 Å². The minimum absolute atomic E-state index is 0.289. The quantitative estimate of drug-likeness (QED) is 0.754. The van der Waals surface area contributed by atoms with Crippen LogP contribution in [0, 0.1) is 0 Å². The van der Waals surface area contributed by atoms with Crippen molar-refractivity contribution in [1.82, 2.24) is 4.98 Å². The van der Waals surface area contributed by atoms with Crippen molar-refractivity contribution in [3.05, 3.63) is 66.1 Å². The van der Waals surface area contributed by atoms with Crippen LogP contribution in [-0.2, 0) is 6.42 Å². The van der Waals surface area contributed by atoms with Crippen LogP contribution >= 0.6 is 0 Å². The van der Waals surface area contributed by atoms with Gasteiger partial charge in [0, 0.05) is 6.04 Å². The molecular formula is C17H18N2O2. The van der Waals surface area contributed by atoms with Crippen LogP contribution < -0.4 is 5.73 Å². The van der Waals surface area contributed by atoms with E-state index < -0.39 is 12.1 Å². The summed E-state index contributed by atoms with van der Waals surface area (Å²) < 4.78 is 5.56. The third-order valence-electron chi connectivity index (χ3n) is 3.58. The van der Waals surface area contributed by atoms with Crippen LogP contribution in [0.4, 0.5) is 0 Å². The Hall–Kier alpha value is -2.17. The van der Waals surface area contributed by atoms with Gasteiger partial charge in [-0.05, 0) is 30.5 Å². The number of nitrogens with two attached hydrogens (primary N) is 1. The summed E-state index contributed by atoms with van der Waals surface area (Å²) in [6.07, 6.45) is 0.601. The van der Waals surface area contributed by atoms with Crippen molar-refractivity contribution in [3.63, 3.8) is 0 Å². The van der Waals surface area contributed by atoms with Gasteiger partial charge in [-0.1, -0.05) is 42.5 Å². The van der Waals surface area contributed by atoms with Gasteiger partial charge >= 0.3 is 0 Å². The highest BCUT2D eigenvalue weighted by atomic mass is 16.4. The second-order valence-electron chi connectivity index (χ2n) is 5.15. The van der Waals surface area contributed by atoms with E-state index in [1.165, 1.54) is 5.56 Å². The van der Waals surface area contributed by atoms with Crippen molar-refractivity contribution in [1.29, 1.82) is 0 Å². The Morgan fingerprint density at radius 3 is 2.52 bits per heavy atom. The van der Waals surface area contributed by atoms with Crippen LogP contribution in [0.5, 0.6) is 0 Å². The van der Waals surface area contributed by atoms with Gasteiger partial charge < -0.3 is 15.3 Å². The average Bonchev–Trinajstić information content (AvgIpc) is 2.97. The van der Waals surface area contributed by atoms with Crippen molar-refractivity contribution in [3.8, 4) is 0 Å². The summed E-state index contributed by atoms with van der Waals surface area (Å²) in [5, 5.41) is 10.3. The van der Waals surface area contributed by atoms with Gasteiger partial charge in [-0.3, -0.25) is 0 Å². The number of aromatic nitrogens is 1. The van der Waals surface area contributed by atoms with Gasteiger partial charge in [0.1, 0.15) is 11.6 Å². The number of hydrogen-bond acceptors (Lipinski definition) is 4. The maximum Gasteiger partial charge on any atom is 0.225 e. The summed E-state index contributed by atoms with van der Waals surface area (Å²) in [5.74, 6) is 0.289. The first-order valence-corrected chi connectivity index (χ1v) is 7.07. The molecule has 3 rings (SSSR count). The third-order valence-corrected chi connectivity index (χ3v) is 3.58. The fourth-order valence-electron chi connectivity index (χ4n) is 2.34. The average molecular weight is 282 g/mol. The largest absolute Gasteiger partial charge is 0.438 e. The van der Waals surface area contributed by atoms with Gasteiger partial charge in [0.2, 0.25) is 5.89 Å². The Balaban J connectivity index is 1.67. The molecule has 0 fully saturated rings. The monoisotopic (exact) mass is 282 g/mol. The SMILES string of the molecule is NC(CCc1ccccc1)[C@H](O)c1nc2ccccc2o1. The standard InChI is InChI=1S/C17H18N2O2/c18-13(11-10-12-6-2-1-3-7-12)16(20)17-19-14-8-4-5-9-15(14)21-17/h1-9,13,16,20H,10-11,18H2/t13?,16-/m0/s1. The van der Waals surface area contributed by atoms with E-state index in [9.17, 15) is 5.11 Å². The zero-order valence-electron chi connectivity index (χ0n) is 11.6. The second-order valence-corrected chi connectivity index (χ2v) is 5.15. The summed E-state index contributed by atoms with van der Waals surface area (Å²) in [6, 6.07) is 17.1. The fourth-order valence-corrected chi connectivity index (χ4v) is 2.34. The lowest BCUT2D eigenvalue weighted by atomic mass is 10.0. The zero-order valence-corrected chi connectivity index (χ0v) is 11.6. The van der Waals surface area contributed by atoms with Gasteiger partial charge in [0.05, 0.1) is 0 Å². The minimum atomic E-state index is -0.888. The highest BCUT2D eigenvalue weighted by Gasteiger charge is 2.22. The number of para-hydroxylation sites is 2. The third kappa shape index (κ3) is 3.12. The molecule has 4 nitrogen and oxygen atoms in total. The second kappa shape index (κ2) is 6.08. The van der Waals surface area contributed by atoms with Crippen LogP contribution in [0.25, 0.3) is 11.1 Å². The molecule has 0 saturated heterocycles. The van der Waals surface area contributed by atoms with Crippen LogP contribution in [0.2, 0.25) is 0 Å². The molecule has 0 aliphatic heterocycles. The first kappa shape index (κ1) is 13.8. The van der Waals surface area contributed by atoms with E-state index in [4.69, 9.17) is 10.2 Å². The molecule has 2 atom stereocenters. The number of aliphatic hydroxyl groups excluding tert-OH is 1. The summed E-state index contributed by atoms with van der Waals surface area (Å²) in [5.41, 5.74) is 8.68. The molecule has 0 amide bonds. The van der Waals surface area contributed by atoms with E-state index in [2.05, 4.69) is 17.1 Å². The smallest absolute Gasteiger partial charge is 0.225 e. The number of rotatable bonds is 5. The Bertz CT molecular complexity index is 676. The maximum atomic E-state index is 10.3. The number of aryl methyl sites for hydroxylation is 1. The lowest BCUT2D eigenvalue weighted by Gasteiger charge is -2.15. The summed E-state index contributed by atoms with van der Waals surface area (Å²) in [4.78, 5) is 4.29. The molecule has 0 aliphatic carbocycles. The number of aliphatic hydroxyl groups is 1. The van der Waals surface area contributed by atoms with E-state index in [0.29, 0.717) is 12.0 Å². The molecule has 1 aromatic heterocycles. The number of nitrogens with zero attached hydrogens (tertiary/aromatic N) is 1. The summed E-state index contributed by atoms with van der Waals surface area (Å²) in [7, 11) is 0. The number of hydrogen-bond donors (Lipinski definition) is 2. The number of fused-ring (bicyclic) bond motifs is 1. The normalized spacial score (nSPS) is 14.2. The first-order valence-electron chi connectivity index (χ1n) is 7.07. The van der Waals surface area contributed by atoms with Gasteiger partial charge in [0.25, 0.3) is 0 Å². The van der Waals surface area contributed by atoms with Crippen molar-refractivity contribution in [2.24, 2.45) is 5.73 Å². The van der Waals surface area contributed by atoms with Crippen LogP contribution in [-0.4, -0.2) is 16.1 Å². The molecule has 3 aromatic rings. The molecule has 21 heavy (non-hydrogen) atoms. The minimum Gasteiger partial charge on any atom is -0.438 e. The van der Waals surface area contributed by atoms with Crippen LogP contribution in [0.15, 0.2) is 59.0 Å². The van der Waals surface area contributed by atoms with E-state index >= 15 is 0 Å². The van der Waals surface area contributed by atoms with Gasteiger partial charge in [-0.25, -0.2) is 4.98 Å². The molecule has 0 radical (unpaired) electrons. The molecule has 3 N–H and O–H groups in total. The summed E-state index contributed by atoms with van der Waals surface area (Å²) in [6.45, 7) is 0. The van der Waals surface area contributed by atoms with Crippen molar-refractivity contribution < 1.29 is 9.52 Å². The Morgan fingerprint density at radius 2 is 1.76 bits per heavy atom. The molecule has 4 heteroatoms. The van der Waals surface area contributed by atoms with Crippen molar-refractivity contribution in [2.75, 3.05) is 0 Å². The molecule has 0 bridgehead atoms. The molecule has 1 unspecified atom stereocenters. The van der Waals surface area contributed by atoms with E-state index in [0.717, 1.165) is 11.9 Å². The molecule has 0 saturated carbocycles. The highest BCUT2D eigenvalue weighted by Crippen LogP contribution is 2.23. The predicted octanol–water partition coefficient (Wildman–Crippen LogP) is 2.82. The zero-order chi connectivity index (χ0) is 14.7. The lowest BCUT2D eigenvalue weighted by Crippen LogP contribution is -2.29. The number of benzene rings is 2. The Kier molecular flexibility index (Phi) is 3.99. The topological polar surface area (TPSA) is 72.3 Å². The molecule has 0 aliphatic rings. The van der Waals surface area contributed by atoms with Gasteiger partial charge in [0.15, 0.2) is 5.58 Å². The molecule has 108 valence electrons. The first-order chi connectivity index (χ1) is 10.2. The van der Waals surface area contributed by atoms with E-state index in [1.807, 2.05) is 42.5 Å². The van der Waals surface area contributed by atoms with E-state index in [-0.39, 0.29) is 5.89 Å². The number of oxazole rings is 1. The Morgan fingerprint density at radius 1 is 1.05 bits per heavy atom. The lowest BCUT2D eigenvalue weighted by molar-refractivity contribution is 0.114. The van der Waals surface area contributed by atoms with Crippen LogP contribution in [0.3, 0.4) is 0 Å². The molecule has 1 heterocycles. The molecular weight excluding hydrogens is 264 g/mol. The maximum absolute atomic E-state index is 10.3. The molecule has 2 aromatic carbocycles. The van der Waals surface area contributed by atoms with Crippen molar-refractivity contribution in [2.45, 2.75) is 25.0 Å². The molecule has 0 spiro atoms. The van der Waals surface area contributed by atoms with E-state index in [1.54, 1.807) is 0 Å². The predicted molar refractivity (Wildman–Crippen MR) is 81.7 cm³/mol. The fraction of sp³-hybridized carbons (Fsp3) is 0.235. The van der Waals surface area contributed by atoms with Gasteiger partial charge in [-0.2, -0.15) is 0 Å². The van der Waals surface area contributed by atoms with Gasteiger partial charge in [-0.15, -0.1) is 0 Å². The highest BCUT2D eigenvalue weighted by molar-refractivity contribution is 5.72. The summed E-state index contributed by atoms with van der Waals surface area (Å²) >= 11 is 0. The van der Waals surface area contributed by atoms with Crippen LogP contribution in [0.1, 0.15) is 24.0 Å².